The number of halogens is 1. The summed E-state index contributed by atoms with van der Waals surface area (Å²) in [5.74, 6) is -0.345. The fraction of sp³-hybridized carbons (Fsp3) is 0.571. The Balaban J connectivity index is 2.81. The van der Waals surface area contributed by atoms with Crippen LogP contribution in [-0.2, 0) is 0 Å². The van der Waals surface area contributed by atoms with Crippen molar-refractivity contribution in [1.29, 1.82) is 0 Å². The summed E-state index contributed by atoms with van der Waals surface area (Å²) in [4.78, 5) is 2.25. The Morgan fingerprint density at radius 1 is 1.35 bits per heavy atom. The number of nitrogens with zero attached hydrogens (tertiary/aromatic N) is 1. The Morgan fingerprint density at radius 3 is 2.59 bits per heavy atom. The highest BCUT2D eigenvalue weighted by Gasteiger charge is 2.17. The molecular weight excluding hydrogens is 217 g/mol. The van der Waals surface area contributed by atoms with Gasteiger partial charge in [0.25, 0.3) is 0 Å². The fourth-order valence-electron chi connectivity index (χ4n) is 2.04. The van der Waals surface area contributed by atoms with Gasteiger partial charge in [-0.15, -0.1) is 0 Å². The molecule has 1 aromatic rings. The van der Waals surface area contributed by atoms with E-state index in [0.717, 1.165) is 25.9 Å². The van der Waals surface area contributed by atoms with Crippen LogP contribution in [0.2, 0.25) is 0 Å². The van der Waals surface area contributed by atoms with E-state index in [2.05, 4.69) is 18.7 Å². The number of phenols is 1. The Hall–Kier alpha value is -1.09. The highest BCUT2D eigenvalue weighted by atomic mass is 19.1. The van der Waals surface area contributed by atoms with E-state index >= 15 is 0 Å². The first kappa shape index (κ1) is 14.0. The molecule has 0 radical (unpaired) electrons. The van der Waals surface area contributed by atoms with Crippen molar-refractivity contribution in [3.8, 4) is 5.75 Å². The predicted octanol–water partition coefficient (Wildman–Crippen LogP) is 3.71. The van der Waals surface area contributed by atoms with Crippen LogP contribution in [0.1, 0.15) is 45.2 Å². The van der Waals surface area contributed by atoms with Crippen LogP contribution in [-0.4, -0.2) is 23.1 Å². The minimum absolute atomic E-state index is 0.0185. The third-order valence-corrected chi connectivity index (χ3v) is 3.19. The van der Waals surface area contributed by atoms with Crippen molar-refractivity contribution < 1.29 is 9.50 Å². The van der Waals surface area contributed by atoms with Crippen LogP contribution >= 0.6 is 0 Å². The molecule has 1 rings (SSSR count). The lowest BCUT2D eigenvalue weighted by Crippen LogP contribution is -2.28. The lowest BCUT2D eigenvalue weighted by atomic mass is 10.1. The molecule has 0 bridgehead atoms. The normalized spacial score (nSPS) is 13.0. The third-order valence-electron chi connectivity index (χ3n) is 3.19. The molecular formula is C14H22FNO. The lowest BCUT2D eigenvalue weighted by molar-refractivity contribution is 0.214. The van der Waals surface area contributed by atoms with Gasteiger partial charge in [0.2, 0.25) is 0 Å². The van der Waals surface area contributed by atoms with Crippen LogP contribution in [0.3, 0.4) is 0 Å². The SMILES string of the molecule is CCCCN(CC)C(C)c1ccc(O)cc1F. The van der Waals surface area contributed by atoms with Gasteiger partial charge < -0.3 is 5.11 Å². The molecule has 1 N–H and O–H groups in total. The number of rotatable bonds is 6. The van der Waals surface area contributed by atoms with Crippen molar-refractivity contribution in [3.63, 3.8) is 0 Å². The van der Waals surface area contributed by atoms with Gasteiger partial charge in [-0.05, 0) is 32.5 Å². The Bertz CT molecular complexity index is 354. The summed E-state index contributed by atoms with van der Waals surface area (Å²) in [6, 6.07) is 4.44. The predicted molar refractivity (Wildman–Crippen MR) is 68.6 cm³/mol. The second-order valence-electron chi connectivity index (χ2n) is 4.36. The Kier molecular flexibility index (Phi) is 5.42. The van der Waals surface area contributed by atoms with Crippen molar-refractivity contribution in [1.82, 2.24) is 4.90 Å². The maximum Gasteiger partial charge on any atom is 0.131 e. The zero-order chi connectivity index (χ0) is 12.8. The summed E-state index contributed by atoms with van der Waals surface area (Å²) in [7, 11) is 0. The van der Waals surface area contributed by atoms with E-state index in [1.165, 1.54) is 6.07 Å². The van der Waals surface area contributed by atoms with Crippen molar-refractivity contribution in [2.75, 3.05) is 13.1 Å². The summed E-state index contributed by atoms with van der Waals surface area (Å²) >= 11 is 0. The molecule has 3 heteroatoms. The molecule has 1 aromatic carbocycles. The van der Waals surface area contributed by atoms with Gasteiger partial charge in [-0.25, -0.2) is 4.39 Å². The Morgan fingerprint density at radius 2 is 2.06 bits per heavy atom. The number of aromatic hydroxyl groups is 1. The minimum atomic E-state index is -0.326. The van der Waals surface area contributed by atoms with Gasteiger partial charge in [0.15, 0.2) is 0 Å². The Labute approximate surface area is 103 Å². The molecule has 0 fully saturated rings. The van der Waals surface area contributed by atoms with E-state index in [1.807, 2.05) is 6.92 Å². The maximum atomic E-state index is 13.7. The topological polar surface area (TPSA) is 23.5 Å². The van der Waals surface area contributed by atoms with E-state index in [4.69, 9.17) is 0 Å². The molecule has 0 aromatic heterocycles. The van der Waals surface area contributed by atoms with Crippen LogP contribution < -0.4 is 0 Å². The highest BCUT2D eigenvalue weighted by molar-refractivity contribution is 5.29. The maximum absolute atomic E-state index is 13.7. The summed E-state index contributed by atoms with van der Waals surface area (Å²) < 4.78 is 13.7. The van der Waals surface area contributed by atoms with Gasteiger partial charge in [0.1, 0.15) is 11.6 Å². The monoisotopic (exact) mass is 239 g/mol. The number of hydrogen-bond acceptors (Lipinski definition) is 2. The molecule has 0 saturated heterocycles. The van der Waals surface area contributed by atoms with Crippen molar-refractivity contribution in [2.45, 2.75) is 39.7 Å². The van der Waals surface area contributed by atoms with Gasteiger partial charge in [-0.1, -0.05) is 26.3 Å². The molecule has 1 atom stereocenters. The van der Waals surface area contributed by atoms with E-state index < -0.39 is 0 Å². The largest absolute Gasteiger partial charge is 0.508 e. The van der Waals surface area contributed by atoms with Gasteiger partial charge in [0.05, 0.1) is 0 Å². The molecule has 0 aliphatic rings. The van der Waals surface area contributed by atoms with Crippen LogP contribution in [0.15, 0.2) is 18.2 Å². The average Bonchev–Trinajstić information content (AvgIpc) is 2.29. The van der Waals surface area contributed by atoms with E-state index in [1.54, 1.807) is 12.1 Å². The van der Waals surface area contributed by atoms with Crippen molar-refractivity contribution >= 4 is 0 Å². The quantitative estimate of drug-likeness (QED) is 0.818. The van der Waals surface area contributed by atoms with Gasteiger partial charge >= 0.3 is 0 Å². The number of phenolic OH excluding ortho intramolecular Hbond substituents is 1. The van der Waals surface area contributed by atoms with Crippen LogP contribution in [0.5, 0.6) is 5.75 Å². The van der Waals surface area contributed by atoms with E-state index in [0.29, 0.717) is 5.56 Å². The van der Waals surface area contributed by atoms with Crippen LogP contribution in [0.4, 0.5) is 4.39 Å². The molecule has 2 nitrogen and oxygen atoms in total. The van der Waals surface area contributed by atoms with Crippen molar-refractivity contribution in [2.24, 2.45) is 0 Å². The van der Waals surface area contributed by atoms with Gasteiger partial charge in [-0.2, -0.15) is 0 Å². The molecule has 0 aliphatic heterocycles. The molecule has 1 unspecified atom stereocenters. The number of hydrogen-bond donors (Lipinski definition) is 1. The summed E-state index contributed by atoms with van der Waals surface area (Å²) in [5.41, 5.74) is 0.653. The second kappa shape index (κ2) is 6.60. The fourth-order valence-corrected chi connectivity index (χ4v) is 2.04. The second-order valence-corrected chi connectivity index (χ2v) is 4.36. The summed E-state index contributed by atoms with van der Waals surface area (Å²) in [6.07, 6.45) is 2.26. The molecule has 0 aliphatic carbocycles. The van der Waals surface area contributed by atoms with Crippen LogP contribution in [0.25, 0.3) is 0 Å². The molecule has 0 amide bonds. The number of benzene rings is 1. The van der Waals surface area contributed by atoms with Crippen LogP contribution in [0, 0.1) is 5.82 Å². The smallest absolute Gasteiger partial charge is 0.131 e. The molecule has 0 spiro atoms. The van der Waals surface area contributed by atoms with E-state index in [9.17, 15) is 9.50 Å². The first-order chi connectivity index (χ1) is 8.10. The number of unbranched alkanes of at least 4 members (excludes halogenated alkanes) is 1. The first-order valence-corrected chi connectivity index (χ1v) is 6.32. The van der Waals surface area contributed by atoms with Gasteiger partial charge in [-0.3, -0.25) is 4.90 Å². The molecule has 96 valence electrons. The van der Waals surface area contributed by atoms with E-state index in [-0.39, 0.29) is 17.6 Å². The van der Waals surface area contributed by atoms with Gasteiger partial charge in [0, 0.05) is 17.7 Å². The molecule has 0 saturated carbocycles. The highest BCUT2D eigenvalue weighted by Crippen LogP contribution is 2.25. The standard InChI is InChI=1S/C14H22FNO/c1-4-6-9-16(5-2)11(3)13-8-7-12(17)10-14(13)15/h7-8,10-11,17H,4-6,9H2,1-3H3. The third kappa shape index (κ3) is 3.70. The average molecular weight is 239 g/mol. The molecule has 17 heavy (non-hydrogen) atoms. The summed E-state index contributed by atoms with van der Waals surface area (Å²) in [6.45, 7) is 8.13. The zero-order valence-electron chi connectivity index (χ0n) is 10.9. The minimum Gasteiger partial charge on any atom is -0.508 e. The summed E-state index contributed by atoms with van der Waals surface area (Å²) in [5, 5.41) is 9.20. The van der Waals surface area contributed by atoms with Crippen molar-refractivity contribution in [3.05, 3.63) is 29.6 Å². The first-order valence-electron chi connectivity index (χ1n) is 6.32. The molecule has 0 heterocycles. The zero-order valence-corrected chi connectivity index (χ0v) is 10.9. The lowest BCUT2D eigenvalue weighted by Gasteiger charge is -2.28.